The minimum atomic E-state index is -0.983. The van der Waals surface area contributed by atoms with Crippen molar-refractivity contribution in [2.24, 2.45) is 0 Å². The van der Waals surface area contributed by atoms with Gasteiger partial charge in [-0.25, -0.2) is 4.39 Å². The van der Waals surface area contributed by atoms with Gasteiger partial charge in [-0.05, 0) is 29.8 Å². The van der Waals surface area contributed by atoms with Gasteiger partial charge in [-0.2, -0.15) is 0 Å². The van der Waals surface area contributed by atoms with Crippen LogP contribution in [-0.2, 0) is 4.79 Å². The maximum atomic E-state index is 14.7. The van der Waals surface area contributed by atoms with E-state index in [1.54, 1.807) is 6.07 Å². The number of hydrogen-bond donors (Lipinski definition) is 4. The van der Waals surface area contributed by atoms with Crippen LogP contribution in [-0.4, -0.2) is 26.4 Å². The SMILES string of the molecule is O=C1C[C@H](c2ccccc2F)c2c(cc(O)c3c(=O)c(O)c(-c4ccc(O)c(O)c4)oc23)O1. The Morgan fingerprint density at radius 1 is 0.909 bits per heavy atom. The summed E-state index contributed by atoms with van der Waals surface area (Å²) in [6.07, 6.45) is -0.256. The highest BCUT2D eigenvalue weighted by molar-refractivity contribution is 5.94. The molecule has 4 aromatic rings. The zero-order valence-corrected chi connectivity index (χ0v) is 16.7. The lowest BCUT2D eigenvalue weighted by atomic mass is 9.84. The molecular weight excluding hydrogens is 435 g/mol. The van der Waals surface area contributed by atoms with Crippen LogP contribution in [0.3, 0.4) is 0 Å². The second-order valence-corrected chi connectivity index (χ2v) is 7.58. The fourth-order valence-corrected chi connectivity index (χ4v) is 4.07. The van der Waals surface area contributed by atoms with Gasteiger partial charge in [-0.15, -0.1) is 0 Å². The first-order valence-electron chi connectivity index (χ1n) is 9.79. The topological polar surface area (TPSA) is 137 Å². The summed E-state index contributed by atoms with van der Waals surface area (Å²) in [5.74, 6) is -5.04. The molecule has 0 fully saturated rings. The van der Waals surface area contributed by atoms with E-state index in [4.69, 9.17) is 9.15 Å². The van der Waals surface area contributed by atoms with E-state index in [0.717, 1.165) is 18.2 Å². The van der Waals surface area contributed by atoms with Crippen LogP contribution in [0.25, 0.3) is 22.3 Å². The van der Waals surface area contributed by atoms with E-state index in [2.05, 4.69) is 0 Å². The molecule has 0 saturated carbocycles. The third kappa shape index (κ3) is 3.13. The number of aromatic hydroxyl groups is 4. The highest BCUT2D eigenvalue weighted by Crippen LogP contribution is 2.47. The van der Waals surface area contributed by atoms with Crippen molar-refractivity contribution in [3.05, 3.63) is 75.7 Å². The van der Waals surface area contributed by atoms with Gasteiger partial charge in [0.15, 0.2) is 17.3 Å². The molecule has 4 N–H and O–H groups in total. The summed E-state index contributed by atoms with van der Waals surface area (Å²) in [6.45, 7) is 0. The van der Waals surface area contributed by atoms with Gasteiger partial charge in [-0.1, -0.05) is 18.2 Å². The van der Waals surface area contributed by atoms with Crippen LogP contribution >= 0.6 is 0 Å². The lowest BCUT2D eigenvalue weighted by Gasteiger charge is -2.26. The molecule has 0 unspecified atom stereocenters. The molecule has 0 aliphatic carbocycles. The van der Waals surface area contributed by atoms with Crippen LogP contribution < -0.4 is 10.2 Å². The van der Waals surface area contributed by atoms with Crippen molar-refractivity contribution in [1.82, 2.24) is 0 Å². The standard InChI is InChI=1S/C24H15FO8/c25-13-4-2-1-3-11(13)12-8-18(29)32-17-9-16(28)20-21(30)22(31)23(33-24(20)19(12)17)10-5-6-14(26)15(27)7-10/h1-7,9,12,26-28,31H,8H2/t12-/m1/s1. The first-order valence-corrected chi connectivity index (χ1v) is 9.79. The Balaban J connectivity index is 1.88. The Labute approximate surface area is 184 Å². The number of carbonyl (C=O) groups is 1. The van der Waals surface area contributed by atoms with Gasteiger partial charge in [0.2, 0.25) is 11.2 Å². The average molecular weight is 450 g/mol. The maximum absolute atomic E-state index is 14.7. The number of phenolic OH excluding ortho intramolecular Hbond substituents is 3. The number of rotatable bonds is 2. The number of fused-ring (bicyclic) bond motifs is 3. The molecule has 3 aromatic carbocycles. The van der Waals surface area contributed by atoms with Crippen LogP contribution in [0.5, 0.6) is 28.7 Å². The van der Waals surface area contributed by atoms with E-state index >= 15 is 0 Å². The Morgan fingerprint density at radius 2 is 1.67 bits per heavy atom. The Hall–Kier alpha value is -4.53. The van der Waals surface area contributed by atoms with Crippen molar-refractivity contribution in [2.45, 2.75) is 12.3 Å². The van der Waals surface area contributed by atoms with E-state index < -0.39 is 46.1 Å². The number of esters is 1. The second kappa shape index (κ2) is 7.27. The van der Waals surface area contributed by atoms with Gasteiger partial charge in [0.25, 0.3) is 0 Å². The molecule has 0 amide bonds. The predicted molar refractivity (Wildman–Crippen MR) is 113 cm³/mol. The highest BCUT2D eigenvalue weighted by atomic mass is 19.1. The van der Waals surface area contributed by atoms with Gasteiger partial charge in [0.1, 0.15) is 28.3 Å². The molecule has 1 aliphatic heterocycles. The average Bonchev–Trinajstić information content (AvgIpc) is 2.77. The summed E-state index contributed by atoms with van der Waals surface area (Å²) in [5, 5.41) is 40.0. The molecule has 0 bridgehead atoms. The van der Waals surface area contributed by atoms with Crippen LogP contribution in [0.4, 0.5) is 4.39 Å². The first-order chi connectivity index (χ1) is 15.8. The minimum absolute atomic E-state index is 0.0501. The fourth-order valence-electron chi connectivity index (χ4n) is 4.07. The van der Waals surface area contributed by atoms with Crippen LogP contribution in [0.2, 0.25) is 0 Å². The van der Waals surface area contributed by atoms with E-state index in [1.807, 2.05) is 0 Å². The third-order valence-corrected chi connectivity index (χ3v) is 5.58. The number of benzene rings is 3. The van der Waals surface area contributed by atoms with Gasteiger partial charge < -0.3 is 29.6 Å². The third-order valence-electron chi connectivity index (χ3n) is 5.58. The van der Waals surface area contributed by atoms with Crippen LogP contribution in [0, 0.1) is 5.82 Å². The van der Waals surface area contributed by atoms with Gasteiger partial charge >= 0.3 is 5.97 Å². The summed E-state index contributed by atoms with van der Waals surface area (Å²) >= 11 is 0. The molecule has 0 saturated heterocycles. The molecular formula is C24H15FO8. The zero-order chi connectivity index (χ0) is 23.4. The van der Waals surface area contributed by atoms with Crippen molar-refractivity contribution >= 4 is 16.9 Å². The smallest absolute Gasteiger partial charge is 0.312 e. The van der Waals surface area contributed by atoms with Gasteiger partial charge in [0.05, 0.1) is 6.42 Å². The summed E-state index contributed by atoms with van der Waals surface area (Å²) in [5.41, 5.74) is -0.843. The predicted octanol–water partition coefficient (Wildman–Crippen LogP) is 3.86. The van der Waals surface area contributed by atoms with Crippen molar-refractivity contribution in [1.29, 1.82) is 0 Å². The molecule has 8 nitrogen and oxygen atoms in total. The number of hydrogen-bond acceptors (Lipinski definition) is 8. The molecule has 1 aliphatic rings. The normalized spacial score (nSPS) is 15.3. The van der Waals surface area contributed by atoms with Crippen LogP contribution in [0.1, 0.15) is 23.5 Å². The number of ether oxygens (including phenoxy) is 1. The summed E-state index contributed by atoms with van der Waals surface area (Å²) in [6, 6.07) is 10.3. The molecule has 0 spiro atoms. The molecule has 1 atom stereocenters. The Bertz CT molecular complexity index is 1520. The molecule has 1 aromatic heterocycles. The second-order valence-electron chi connectivity index (χ2n) is 7.58. The number of halogens is 1. The molecule has 33 heavy (non-hydrogen) atoms. The van der Waals surface area contributed by atoms with Crippen molar-refractivity contribution < 1.29 is 38.8 Å². The van der Waals surface area contributed by atoms with Crippen LogP contribution in [0.15, 0.2) is 57.7 Å². The molecule has 166 valence electrons. The van der Waals surface area contributed by atoms with E-state index in [-0.39, 0.29) is 45.6 Å². The lowest BCUT2D eigenvalue weighted by molar-refractivity contribution is -0.135. The monoisotopic (exact) mass is 450 g/mol. The highest BCUT2D eigenvalue weighted by Gasteiger charge is 2.35. The summed E-state index contributed by atoms with van der Waals surface area (Å²) in [7, 11) is 0. The lowest BCUT2D eigenvalue weighted by Crippen LogP contribution is -2.22. The zero-order valence-electron chi connectivity index (χ0n) is 16.7. The molecule has 9 heteroatoms. The van der Waals surface area contributed by atoms with Gasteiger partial charge in [0, 0.05) is 23.1 Å². The Morgan fingerprint density at radius 3 is 2.39 bits per heavy atom. The van der Waals surface area contributed by atoms with E-state index in [0.29, 0.717) is 0 Å². The van der Waals surface area contributed by atoms with E-state index in [1.165, 1.54) is 24.3 Å². The van der Waals surface area contributed by atoms with Gasteiger partial charge in [-0.3, -0.25) is 9.59 Å². The number of carbonyl (C=O) groups excluding carboxylic acids is 1. The molecule has 5 rings (SSSR count). The fraction of sp³-hybridized carbons (Fsp3) is 0.0833. The number of phenols is 3. The Kier molecular flexibility index (Phi) is 4.49. The first kappa shape index (κ1) is 20.4. The maximum Gasteiger partial charge on any atom is 0.312 e. The largest absolute Gasteiger partial charge is 0.507 e. The van der Waals surface area contributed by atoms with E-state index in [9.17, 15) is 34.4 Å². The molecule has 0 radical (unpaired) electrons. The molecule has 2 heterocycles. The summed E-state index contributed by atoms with van der Waals surface area (Å²) < 4.78 is 25.7. The minimum Gasteiger partial charge on any atom is -0.507 e. The van der Waals surface area contributed by atoms with Crippen molar-refractivity contribution in [3.63, 3.8) is 0 Å². The van der Waals surface area contributed by atoms with Crippen molar-refractivity contribution in [2.75, 3.05) is 0 Å². The summed E-state index contributed by atoms with van der Waals surface area (Å²) in [4.78, 5) is 25.2. The van der Waals surface area contributed by atoms with Crippen molar-refractivity contribution in [3.8, 4) is 40.1 Å². The quantitative estimate of drug-likeness (QED) is 0.205.